The number of hydrogen-bond donors (Lipinski definition) is 1. The van der Waals surface area contributed by atoms with Crippen molar-refractivity contribution in [1.82, 2.24) is 0 Å². The highest BCUT2D eigenvalue weighted by Gasteiger charge is 2.08. The molecule has 1 rings (SSSR count). The van der Waals surface area contributed by atoms with Gasteiger partial charge in [-0.05, 0) is 31.6 Å². The Balaban J connectivity index is 2.74. The molecule has 0 aromatic heterocycles. The van der Waals surface area contributed by atoms with Gasteiger partial charge >= 0.3 is 0 Å². The molecule has 1 unspecified atom stereocenters. The van der Waals surface area contributed by atoms with Crippen LogP contribution in [0.4, 0.5) is 4.39 Å². The molecule has 16 heavy (non-hydrogen) atoms. The van der Waals surface area contributed by atoms with Crippen molar-refractivity contribution in [2.75, 3.05) is 6.61 Å². The lowest BCUT2D eigenvalue weighted by Crippen LogP contribution is -2.00. The van der Waals surface area contributed by atoms with Crippen LogP contribution >= 0.6 is 11.6 Å². The van der Waals surface area contributed by atoms with Crippen molar-refractivity contribution in [2.24, 2.45) is 0 Å². The molecule has 0 heterocycles. The van der Waals surface area contributed by atoms with Crippen molar-refractivity contribution >= 4 is 11.6 Å². The molecule has 0 saturated heterocycles. The van der Waals surface area contributed by atoms with Crippen LogP contribution in [0.1, 0.15) is 25.5 Å². The lowest BCUT2D eigenvalue weighted by Gasteiger charge is -2.09. The van der Waals surface area contributed by atoms with E-state index in [9.17, 15) is 9.50 Å². The van der Waals surface area contributed by atoms with Gasteiger partial charge in [-0.25, -0.2) is 4.39 Å². The van der Waals surface area contributed by atoms with Crippen LogP contribution in [0.25, 0.3) is 0 Å². The summed E-state index contributed by atoms with van der Waals surface area (Å²) in [6.45, 7) is 3.64. The van der Waals surface area contributed by atoms with E-state index in [1.54, 1.807) is 6.07 Å². The fourth-order valence-corrected chi connectivity index (χ4v) is 1.23. The van der Waals surface area contributed by atoms with Gasteiger partial charge in [-0.15, -0.1) is 0 Å². The van der Waals surface area contributed by atoms with Crippen molar-refractivity contribution in [3.8, 4) is 5.75 Å². The monoisotopic (exact) mass is 244 g/mol. The predicted octanol–water partition coefficient (Wildman–Crippen LogP) is 3.40. The number of benzene rings is 1. The molecule has 0 spiro atoms. The standard InChI is InChI=1S/C12H14ClFO2/c1-8(6-13)7-16-10-3-4-11(9(2)15)12(14)5-10/h3-6,9,15H,7H2,1-2H3/b8-6+. The molecule has 0 aliphatic heterocycles. The third-order valence-electron chi connectivity index (χ3n) is 2.07. The molecular formula is C12H14ClFO2. The van der Waals surface area contributed by atoms with Crippen LogP contribution in [0, 0.1) is 5.82 Å². The molecule has 1 aromatic carbocycles. The molecule has 0 amide bonds. The number of aliphatic hydroxyl groups excluding tert-OH is 1. The first-order chi connectivity index (χ1) is 7.54. The lowest BCUT2D eigenvalue weighted by molar-refractivity contribution is 0.194. The van der Waals surface area contributed by atoms with E-state index in [1.807, 2.05) is 6.92 Å². The summed E-state index contributed by atoms with van der Waals surface area (Å²) in [5, 5.41) is 9.24. The zero-order valence-corrected chi connectivity index (χ0v) is 9.96. The molecule has 0 saturated carbocycles. The highest BCUT2D eigenvalue weighted by atomic mass is 35.5. The Morgan fingerprint density at radius 2 is 2.31 bits per heavy atom. The van der Waals surface area contributed by atoms with Crippen LogP contribution in [-0.4, -0.2) is 11.7 Å². The SMILES string of the molecule is C/C(=C\Cl)COc1ccc(C(C)O)c(F)c1. The minimum atomic E-state index is -0.821. The van der Waals surface area contributed by atoms with Gasteiger partial charge in [-0.3, -0.25) is 0 Å². The Labute approximate surface area is 99.3 Å². The Bertz CT molecular complexity index is 389. The first-order valence-electron chi connectivity index (χ1n) is 4.90. The largest absolute Gasteiger partial charge is 0.489 e. The van der Waals surface area contributed by atoms with Crippen molar-refractivity contribution in [1.29, 1.82) is 0 Å². The van der Waals surface area contributed by atoms with Crippen LogP contribution in [0.15, 0.2) is 29.3 Å². The molecule has 1 aromatic rings. The van der Waals surface area contributed by atoms with Gasteiger partial charge in [0.1, 0.15) is 18.2 Å². The van der Waals surface area contributed by atoms with Crippen LogP contribution in [0.5, 0.6) is 5.75 Å². The smallest absolute Gasteiger partial charge is 0.132 e. The third-order valence-corrected chi connectivity index (χ3v) is 2.45. The molecule has 0 aliphatic carbocycles. The van der Waals surface area contributed by atoms with E-state index in [0.717, 1.165) is 5.57 Å². The molecule has 0 radical (unpaired) electrons. The van der Waals surface area contributed by atoms with Crippen LogP contribution in [-0.2, 0) is 0 Å². The minimum absolute atomic E-state index is 0.261. The summed E-state index contributed by atoms with van der Waals surface area (Å²) in [6.07, 6.45) is -0.821. The molecular weight excluding hydrogens is 231 g/mol. The maximum atomic E-state index is 13.4. The number of hydrogen-bond acceptors (Lipinski definition) is 2. The van der Waals surface area contributed by atoms with Gasteiger partial charge in [0.25, 0.3) is 0 Å². The fourth-order valence-electron chi connectivity index (χ4n) is 1.17. The van der Waals surface area contributed by atoms with Gasteiger partial charge in [0.05, 0.1) is 6.10 Å². The summed E-state index contributed by atoms with van der Waals surface area (Å²) in [6, 6.07) is 4.38. The molecule has 0 aliphatic rings. The van der Waals surface area contributed by atoms with E-state index in [4.69, 9.17) is 16.3 Å². The quantitative estimate of drug-likeness (QED) is 0.880. The van der Waals surface area contributed by atoms with Crippen molar-refractivity contribution in [3.63, 3.8) is 0 Å². The average Bonchev–Trinajstić information content (AvgIpc) is 2.25. The van der Waals surface area contributed by atoms with Crippen molar-refractivity contribution in [3.05, 3.63) is 40.7 Å². The highest BCUT2D eigenvalue weighted by Crippen LogP contribution is 2.21. The van der Waals surface area contributed by atoms with Gasteiger partial charge in [0, 0.05) is 17.2 Å². The second-order valence-electron chi connectivity index (χ2n) is 3.60. The number of aliphatic hydroxyl groups is 1. The first-order valence-corrected chi connectivity index (χ1v) is 5.34. The molecule has 0 bridgehead atoms. The molecule has 4 heteroatoms. The lowest BCUT2D eigenvalue weighted by atomic mass is 10.1. The molecule has 1 atom stereocenters. The second-order valence-corrected chi connectivity index (χ2v) is 3.82. The molecule has 88 valence electrons. The zero-order chi connectivity index (χ0) is 12.1. The fraction of sp³-hybridized carbons (Fsp3) is 0.333. The Morgan fingerprint density at radius 1 is 1.62 bits per heavy atom. The summed E-state index contributed by atoms with van der Waals surface area (Å²) in [4.78, 5) is 0. The van der Waals surface area contributed by atoms with E-state index in [2.05, 4.69) is 0 Å². The molecule has 2 nitrogen and oxygen atoms in total. The maximum Gasteiger partial charge on any atom is 0.132 e. The average molecular weight is 245 g/mol. The Morgan fingerprint density at radius 3 is 2.81 bits per heavy atom. The number of ether oxygens (including phenoxy) is 1. The number of halogens is 2. The summed E-state index contributed by atoms with van der Waals surface area (Å²) >= 11 is 5.47. The summed E-state index contributed by atoms with van der Waals surface area (Å²) in [7, 11) is 0. The van der Waals surface area contributed by atoms with E-state index in [-0.39, 0.29) is 5.56 Å². The van der Waals surface area contributed by atoms with Gasteiger partial charge in [0.15, 0.2) is 0 Å². The summed E-state index contributed by atoms with van der Waals surface area (Å²) < 4.78 is 18.7. The van der Waals surface area contributed by atoms with E-state index < -0.39 is 11.9 Å². The normalized spacial score (nSPS) is 13.7. The second kappa shape index (κ2) is 5.87. The van der Waals surface area contributed by atoms with Gasteiger partial charge < -0.3 is 9.84 Å². The van der Waals surface area contributed by atoms with Crippen LogP contribution in [0.3, 0.4) is 0 Å². The predicted molar refractivity (Wildman–Crippen MR) is 62.1 cm³/mol. The van der Waals surface area contributed by atoms with E-state index in [0.29, 0.717) is 12.4 Å². The summed E-state index contributed by atoms with van der Waals surface area (Å²) in [5.74, 6) is -0.0558. The number of rotatable bonds is 4. The van der Waals surface area contributed by atoms with E-state index >= 15 is 0 Å². The van der Waals surface area contributed by atoms with Gasteiger partial charge in [0.2, 0.25) is 0 Å². The first kappa shape index (κ1) is 13.0. The molecule has 0 fully saturated rings. The maximum absolute atomic E-state index is 13.4. The Kier molecular flexibility index (Phi) is 4.77. The summed E-state index contributed by atoms with van der Waals surface area (Å²) in [5.41, 5.74) is 2.53. The zero-order valence-electron chi connectivity index (χ0n) is 9.21. The van der Waals surface area contributed by atoms with Crippen LogP contribution < -0.4 is 4.74 Å². The van der Waals surface area contributed by atoms with Gasteiger partial charge in [-0.2, -0.15) is 0 Å². The topological polar surface area (TPSA) is 29.5 Å². The molecule has 1 N–H and O–H groups in total. The minimum Gasteiger partial charge on any atom is -0.489 e. The highest BCUT2D eigenvalue weighted by molar-refractivity contribution is 6.25. The van der Waals surface area contributed by atoms with Crippen molar-refractivity contribution in [2.45, 2.75) is 20.0 Å². The van der Waals surface area contributed by atoms with Crippen molar-refractivity contribution < 1.29 is 14.2 Å². The Hall–Kier alpha value is -1.06. The van der Waals surface area contributed by atoms with Crippen LogP contribution in [0.2, 0.25) is 0 Å². The van der Waals surface area contributed by atoms with Gasteiger partial charge in [-0.1, -0.05) is 11.6 Å². The van der Waals surface area contributed by atoms with E-state index in [1.165, 1.54) is 24.6 Å². The third kappa shape index (κ3) is 3.51.